The molecule has 0 aliphatic heterocycles. The number of rotatable bonds is 2. The first-order valence-electron chi connectivity index (χ1n) is 8.66. The van der Waals surface area contributed by atoms with Crippen molar-refractivity contribution < 1.29 is 4.79 Å². The van der Waals surface area contributed by atoms with Gasteiger partial charge in [-0.2, -0.15) is 0 Å². The largest absolute Gasteiger partial charge is 0.353 e. The molecule has 0 aromatic heterocycles. The van der Waals surface area contributed by atoms with Crippen molar-refractivity contribution in [2.75, 3.05) is 0 Å². The molecule has 0 bridgehead atoms. The Hall–Kier alpha value is -0.530. The molecule has 19 heavy (non-hydrogen) atoms. The summed E-state index contributed by atoms with van der Waals surface area (Å²) in [6.07, 6.45) is 17.9. The highest BCUT2D eigenvalue weighted by atomic mass is 16.1. The van der Waals surface area contributed by atoms with Crippen LogP contribution in [0, 0.1) is 5.92 Å². The highest BCUT2D eigenvalue weighted by molar-refractivity contribution is 5.78. The first-order valence-corrected chi connectivity index (χ1v) is 8.66. The molecule has 0 aromatic carbocycles. The number of hydrogen-bond donors (Lipinski definition) is 1. The van der Waals surface area contributed by atoms with Gasteiger partial charge < -0.3 is 5.32 Å². The van der Waals surface area contributed by atoms with E-state index in [4.69, 9.17) is 0 Å². The van der Waals surface area contributed by atoms with E-state index in [-0.39, 0.29) is 0 Å². The van der Waals surface area contributed by atoms with Crippen molar-refractivity contribution in [2.24, 2.45) is 5.92 Å². The van der Waals surface area contributed by atoms with Crippen LogP contribution >= 0.6 is 0 Å². The number of amides is 1. The lowest BCUT2D eigenvalue weighted by Crippen LogP contribution is -2.38. The van der Waals surface area contributed by atoms with Crippen molar-refractivity contribution in [3.05, 3.63) is 0 Å². The lowest BCUT2D eigenvalue weighted by atomic mass is 9.97. The fourth-order valence-corrected chi connectivity index (χ4v) is 3.64. The van der Waals surface area contributed by atoms with Gasteiger partial charge in [0, 0.05) is 12.0 Å². The van der Waals surface area contributed by atoms with E-state index in [0.717, 1.165) is 12.8 Å². The van der Waals surface area contributed by atoms with Gasteiger partial charge in [-0.05, 0) is 25.7 Å². The molecule has 1 amide bonds. The van der Waals surface area contributed by atoms with Gasteiger partial charge in [-0.25, -0.2) is 0 Å². The van der Waals surface area contributed by atoms with Crippen LogP contribution in [-0.4, -0.2) is 11.9 Å². The van der Waals surface area contributed by atoms with E-state index in [9.17, 15) is 4.79 Å². The molecule has 0 heterocycles. The Bertz CT molecular complexity index is 246. The molecule has 2 fully saturated rings. The van der Waals surface area contributed by atoms with Gasteiger partial charge in [-0.3, -0.25) is 4.79 Å². The van der Waals surface area contributed by atoms with Crippen LogP contribution in [0.25, 0.3) is 0 Å². The van der Waals surface area contributed by atoms with Crippen molar-refractivity contribution in [1.29, 1.82) is 0 Å². The molecule has 2 rings (SSSR count). The van der Waals surface area contributed by atoms with Gasteiger partial charge in [-0.15, -0.1) is 0 Å². The summed E-state index contributed by atoms with van der Waals surface area (Å²) >= 11 is 0. The number of hydrogen-bond acceptors (Lipinski definition) is 1. The minimum atomic E-state index is 0.315. The van der Waals surface area contributed by atoms with Crippen molar-refractivity contribution in [2.45, 2.75) is 95.9 Å². The number of nitrogens with one attached hydrogen (secondary N) is 1. The summed E-state index contributed by atoms with van der Waals surface area (Å²) in [5.74, 6) is 0.682. The van der Waals surface area contributed by atoms with Crippen LogP contribution in [0.3, 0.4) is 0 Å². The van der Waals surface area contributed by atoms with E-state index in [2.05, 4.69) is 5.32 Å². The average molecular weight is 265 g/mol. The van der Waals surface area contributed by atoms with Crippen LogP contribution < -0.4 is 5.32 Å². The molecule has 0 unspecified atom stereocenters. The topological polar surface area (TPSA) is 29.1 Å². The maximum absolute atomic E-state index is 12.4. The van der Waals surface area contributed by atoms with Gasteiger partial charge in [0.05, 0.1) is 0 Å². The zero-order valence-corrected chi connectivity index (χ0v) is 12.5. The predicted molar refractivity (Wildman–Crippen MR) is 80.1 cm³/mol. The maximum atomic E-state index is 12.4. The van der Waals surface area contributed by atoms with Gasteiger partial charge in [0.15, 0.2) is 0 Å². The second-order valence-electron chi connectivity index (χ2n) is 6.59. The third-order valence-corrected chi connectivity index (χ3v) is 4.93. The monoisotopic (exact) mass is 265 g/mol. The molecule has 2 heteroatoms. The molecule has 2 nitrogen and oxygen atoms in total. The molecule has 2 aliphatic rings. The van der Waals surface area contributed by atoms with E-state index < -0.39 is 0 Å². The average Bonchev–Trinajstić information content (AvgIpc) is 2.62. The van der Waals surface area contributed by atoms with E-state index >= 15 is 0 Å². The molecule has 2 saturated carbocycles. The summed E-state index contributed by atoms with van der Waals surface area (Å²) in [4.78, 5) is 12.4. The van der Waals surface area contributed by atoms with E-state index in [0.29, 0.717) is 17.9 Å². The minimum Gasteiger partial charge on any atom is -0.353 e. The molecule has 0 atom stereocenters. The summed E-state index contributed by atoms with van der Waals surface area (Å²) < 4.78 is 0. The summed E-state index contributed by atoms with van der Waals surface area (Å²) in [6, 6.07) is 0.467. The zero-order valence-electron chi connectivity index (χ0n) is 12.5. The normalized spacial score (nSPS) is 24.8. The van der Waals surface area contributed by atoms with Crippen molar-refractivity contribution in [1.82, 2.24) is 5.32 Å². The second kappa shape index (κ2) is 8.60. The van der Waals surface area contributed by atoms with Crippen molar-refractivity contribution in [3.8, 4) is 0 Å². The highest BCUT2D eigenvalue weighted by Crippen LogP contribution is 2.24. The standard InChI is InChI=1S/C17H31NO/c19-17(15-11-7-5-6-8-12-15)18-16-13-9-3-1-2-4-10-14-16/h15-16H,1-14H2,(H,18,19). The quantitative estimate of drug-likeness (QED) is 0.728. The SMILES string of the molecule is O=C(NC1CCCCCCCC1)C1CCCCCC1. The Morgan fingerprint density at radius 1 is 0.632 bits per heavy atom. The zero-order chi connectivity index (χ0) is 13.3. The van der Waals surface area contributed by atoms with E-state index in [1.54, 1.807) is 0 Å². The Kier molecular flexibility index (Phi) is 6.73. The third kappa shape index (κ3) is 5.54. The smallest absolute Gasteiger partial charge is 0.223 e. The Labute approximate surface area is 118 Å². The fraction of sp³-hybridized carbons (Fsp3) is 0.941. The lowest BCUT2D eigenvalue weighted by Gasteiger charge is -2.21. The van der Waals surface area contributed by atoms with Crippen LogP contribution in [0.4, 0.5) is 0 Å². The third-order valence-electron chi connectivity index (χ3n) is 4.93. The second-order valence-corrected chi connectivity index (χ2v) is 6.59. The molecule has 0 spiro atoms. The van der Waals surface area contributed by atoms with Gasteiger partial charge in [0.25, 0.3) is 0 Å². The molecular formula is C17H31NO. The number of carbonyl (C=O) groups excluding carboxylic acids is 1. The van der Waals surface area contributed by atoms with Gasteiger partial charge in [0.1, 0.15) is 0 Å². The molecule has 2 aliphatic carbocycles. The molecule has 0 aromatic rings. The summed E-state index contributed by atoms with van der Waals surface area (Å²) in [7, 11) is 0. The first-order chi connectivity index (χ1) is 9.36. The first kappa shape index (κ1) is 14.9. The molecule has 0 radical (unpaired) electrons. The maximum Gasteiger partial charge on any atom is 0.223 e. The summed E-state index contributed by atoms with van der Waals surface area (Å²) in [5, 5.41) is 3.37. The molecular weight excluding hydrogens is 234 g/mol. The highest BCUT2D eigenvalue weighted by Gasteiger charge is 2.22. The lowest BCUT2D eigenvalue weighted by molar-refractivity contribution is -0.126. The van der Waals surface area contributed by atoms with Crippen LogP contribution in [0.2, 0.25) is 0 Å². The molecule has 1 N–H and O–H groups in total. The fourth-order valence-electron chi connectivity index (χ4n) is 3.64. The molecule has 110 valence electrons. The van der Waals surface area contributed by atoms with E-state index in [1.807, 2.05) is 0 Å². The van der Waals surface area contributed by atoms with Crippen LogP contribution in [-0.2, 0) is 4.79 Å². The van der Waals surface area contributed by atoms with Gasteiger partial charge in [-0.1, -0.05) is 64.2 Å². The summed E-state index contributed by atoms with van der Waals surface area (Å²) in [5.41, 5.74) is 0. The van der Waals surface area contributed by atoms with Crippen LogP contribution in [0.5, 0.6) is 0 Å². The van der Waals surface area contributed by atoms with Crippen molar-refractivity contribution in [3.63, 3.8) is 0 Å². The van der Waals surface area contributed by atoms with Gasteiger partial charge in [0.2, 0.25) is 5.91 Å². The number of carbonyl (C=O) groups is 1. The Morgan fingerprint density at radius 3 is 1.58 bits per heavy atom. The summed E-state index contributed by atoms with van der Waals surface area (Å²) in [6.45, 7) is 0. The Balaban J connectivity index is 1.78. The molecule has 0 saturated heterocycles. The van der Waals surface area contributed by atoms with Crippen molar-refractivity contribution >= 4 is 5.91 Å². The Morgan fingerprint density at radius 2 is 1.05 bits per heavy atom. The van der Waals surface area contributed by atoms with E-state index in [1.165, 1.54) is 77.0 Å². The minimum absolute atomic E-state index is 0.315. The van der Waals surface area contributed by atoms with Gasteiger partial charge >= 0.3 is 0 Å². The predicted octanol–water partition coefficient (Wildman–Crippen LogP) is 4.58. The van der Waals surface area contributed by atoms with Crippen LogP contribution in [0.1, 0.15) is 89.9 Å². The van der Waals surface area contributed by atoms with Crippen LogP contribution in [0.15, 0.2) is 0 Å².